The van der Waals surface area contributed by atoms with Crippen LogP contribution >= 0.6 is 11.6 Å². The SMILES string of the molecule is O=COC(C(=O)OCc1ccccc1)c1ccccc1Cl. The smallest absolute Gasteiger partial charge is 0.352 e. The molecule has 0 fully saturated rings. The van der Waals surface area contributed by atoms with Crippen LogP contribution < -0.4 is 0 Å². The van der Waals surface area contributed by atoms with Crippen molar-refractivity contribution in [2.45, 2.75) is 12.7 Å². The largest absolute Gasteiger partial charge is 0.458 e. The quantitative estimate of drug-likeness (QED) is 0.607. The molecule has 5 heteroatoms. The van der Waals surface area contributed by atoms with Crippen molar-refractivity contribution in [3.63, 3.8) is 0 Å². The standard InChI is InChI=1S/C16H13ClO4/c17-14-9-5-4-8-13(14)15(21-11-18)16(19)20-10-12-6-2-1-3-7-12/h1-9,11,15H,10H2. The minimum absolute atomic E-state index is 0.100. The van der Waals surface area contributed by atoms with Gasteiger partial charge in [-0.1, -0.05) is 60.1 Å². The lowest BCUT2D eigenvalue weighted by Crippen LogP contribution is -2.19. The Morgan fingerprint density at radius 1 is 1.10 bits per heavy atom. The summed E-state index contributed by atoms with van der Waals surface area (Å²) in [5.74, 6) is -0.668. The van der Waals surface area contributed by atoms with Crippen molar-refractivity contribution in [3.05, 3.63) is 70.7 Å². The van der Waals surface area contributed by atoms with E-state index in [1.807, 2.05) is 30.3 Å². The first-order chi connectivity index (χ1) is 10.2. The summed E-state index contributed by atoms with van der Waals surface area (Å²) in [6, 6.07) is 15.9. The summed E-state index contributed by atoms with van der Waals surface area (Å²) in [4.78, 5) is 22.7. The third-order valence-corrected chi connectivity index (χ3v) is 3.16. The van der Waals surface area contributed by atoms with Crippen molar-refractivity contribution >= 4 is 24.0 Å². The summed E-state index contributed by atoms with van der Waals surface area (Å²) in [6.07, 6.45) is -1.17. The Morgan fingerprint density at radius 3 is 2.43 bits per heavy atom. The van der Waals surface area contributed by atoms with Gasteiger partial charge in [0.15, 0.2) is 0 Å². The zero-order valence-electron chi connectivity index (χ0n) is 11.1. The fourth-order valence-corrected chi connectivity index (χ4v) is 2.04. The van der Waals surface area contributed by atoms with Gasteiger partial charge >= 0.3 is 5.97 Å². The van der Waals surface area contributed by atoms with Crippen LogP contribution in [0.3, 0.4) is 0 Å². The molecule has 0 N–H and O–H groups in total. The lowest BCUT2D eigenvalue weighted by molar-refractivity contribution is -0.163. The van der Waals surface area contributed by atoms with Gasteiger partial charge in [-0.05, 0) is 11.6 Å². The Bertz CT molecular complexity index is 613. The molecule has 1 unspecified atom stereocenters. The van der Waals surface area contributed by atoms with Gasteiger partial charge in [0.05, 0.1) is 0 Å². The number of hydrogen-bond donors (Lipinski definition) is 0. The average molecular weight is 305 g/mol. The van der Waals surface area contributed by atoms with Gasteiger partial charge in [0.25, 0.3) is 6.47 Å². The van der Waals surface area contributed by atoms with E-state index >= 15 is 0 Å². The van der Waals surface area contributed by atoms with Crippen molar-refractivity contribution in [1.82, 2.24) is 0 Å². The van der Waals surface area contributed by atoms with Crippen LogP contribution in [0.1, 0.15) is 17.2 Å². The molecule has 0 heterocycles. The molecule has 2 rings (SSSR count). The zero-order chi connectivity index (χ0) is 15.1. The summed E-state index contributed by atoms with van der Waals surface area (Å²) in [7, 11) is 0. The Morgan fingerprint density at radius 2 is 1.76 bits per heavy atom. The van der Waals surface area contributed by atoms with Gasteiger partial charge in [0.1, 0.15) is 6.61 Å². The number of benzene rings is 2. The van der Waals surface area contributed by atoms with Crippen LogP contribution in [0, 0.1) is 0 Å². The Labute approximate surface area is 127 Å². The highest BCUT2D eigenvalue weighted by molar-refractivity contribution is 6.31. The van der Waals surface area contributed by atoms with E-state index in [2.05, 4.69) is 0 Å². The van der Waals surface area contributed by atoms with E-state index in [0.29, 0.717) is 10.6 Å². The number of halogens is 1. The summed E-state index contributed by atoms with van der Waals surface area (Å²) in [6.45, 7) is 0.306. The summed E-state index contributed by atoms with van der Waals surface area (Å²) in [5, 5.41) is 0.334. The molecule has 0 aliphatic carbocycles. The second-order valence-corrected chi connectivity index (χ2v) is 4.63. The van der Waals surface area contributed by atoms with Crippen LogP contribution in [0.5, 0.6) is 0 Å². The highest BCUT2D eigenvalue weighted by Crippen LogP contribution is 2.26. The number of carbonyl (C=O) groups excluding carboxylic acids is 2. The number of ether oxygens (including phenoxy) is 2. The molecular weight excluding hydrogens is 292 g/mol. The molecule has 0 radical (unpaired) electrons. The maximum atomic E-state index is 12.1. The molecule has 0 saturated heterocycles. The van der Waals surface area contributed by atoms with Gasteiger partial charge in [-0.25, -0.2) is 4.79 Å². The van der Waals surface area contributed by atoms with Gasteiger partial charge in [-0.3, -0.25) is 4.79 Å². The van der Waals surface area contributed by atoms with Crippen LogP contribution in [0.2, 0.25) is 5.02 Å². The summed E-state index contributed by atoms with van der Waals surface area (Å²) >= 11 is 6.01. The van der Waals surface area contributed by atoms with E-state index in [1.165, 1.54) is 0 Å². The fourth-order valence-electron chi connectivity index (χ4n) is 1.80. The van der Waals surface area contributed by atoms with Crippen LogP contribution in [0.4, 0.5) is 0 Å². The predicted octanol–water partition coefficient (Wildman–Crippen LogP) is 3.30. The minimum Gasteiger partial charge on any atom is -0.458 e. The molecule has 0 amide bonds. The third kappa shape index (κ3) is 4.07. The van der Waals surface area contributed by atoms with Gasteiger partial charge in [-0.15, -0.1) is 0 Å². The van der Waals surface area contributed by atoms with E-state index in [1.54, 1.807) is 24.3 Å². The van der Waals surface area contributed by atoms with Crippen LogP contribution in [0.25, 0.3) is 0 Å². The average Bonchev–Trinajstić information content (AvgIpc) is 2.52. The van der Waals surface area contributed by atoms with Crippen LogP contribution in [-0.4, -0.2) is 12.4 Å². The number of rotatable bonds is 6. The lowest BCUT2D eigenvalue weighted by Gasteiger charge is -2.15. The molecule has 0 bridgehead atoms. The van der Waals surface area contributed by atoms with Crippen molar-refractivity contribution in [2.75, 3.05) is 0 Å². The highest BCUT2D eigenvalue weighted by atomic mass is 35.5. The molecule has 108 valence electrons. The zero-order valence-corrected chi connectivity index (χ0v) is 11.8. The maximum absolute atomic E-state index is 12.1. The van der Waals surface area contributed by atoms with Gasteiger partial charge < -0.3 is 9.47 Å². The Hall–Kier alpha value is -2.33. The van der Waals surface area contributed by atoms with E-state index < -0.39 is 12.1 Å². The van der Waals surface area contributed by atoms with E-state index in [-0.39, 0.29) is 13.1 Å². The molecule has 0 aliphatic heterocycles. The topological polar surface area (TPSA) is 52.6 Å². The second-order valence-electron chi connectivity index (χ2n) is 4.23. The molecule has 4 nitrogen and oxygen atoms in total. The highest BCUT2D eigenvalue weighted by Gasteiger charge is 2.25. The normalized spacial score (nSPS) is 11.5. The van der Waals surface area contributed by atoms with Crippen molar-refractivity contribution in [1.29, 1.82) is 0 Å². The molecule has 1 atom stereocenters. The molecule has 21 heavy (non-hydrogen) atoms. The minimum atomic E-state index is -1.17. The van der Waals surface area contributed by atoms with Gasteiger partial charge in [0.2, 0.25) is 6.10 Å². The van der Waals surface area contributed by atoms with Crippen LogP contribution in [0.15, 0.2) is 54.6 Å². The number of carbonyl (C=O) groups is 2. The van der Waals surface area contributed by atoms with Gasteiger partial charge in [0, 0.05) is 10.6 Å². The van der Waals surface area contributed by atoms with Crippen molar-refractivity contribution in [3.8, 4) is 0 Å². The van der Waals surface area contributed by atoms with Crippen LogP contribution in [-0.2, 0) is 25.7 Å². The van der Waals surface area contributed by atoms with E-state index in [0.717, 1.165) is 5.56 Å². The fraction of sp³-hybridized carbons (Fsp3) is 0.125. The van der Waals surface area contributed by atoms with E-state index in [4.69, 9.17) is 21.1 Å². The first-order valence-electron chi connectivity index (χ1n) is 6.26. The predicted molar refractivity (Wildman–Crippen MR) is 77.6 cm³/mol. The first kappa shape index (κ1) is 15.1. The summed E-state index contributed by atoms with van der Waals surface area (Å²) in [5.41, 5.74) is 1.24. The molecular formula is C16H13ClO4. The first-order valence-corrected chi connectivity index (χ1v) is 6.64. The molecule has 2 aromatic carbocycles. The third-order valence-electron chi connectivity index (χ3n) is 2.82. The maximum Gasteiger partial charge on any atom is 0.352 e. The lowest BCUT2D eigenvalue weighted by atomic mass is 10.1. The molecule has 0 aromatic heterocycles. The second kappa shape index (κ2) is 7.45. The number of hydrogen-bond acceptors (Lipinski definition) is 4. The number of esters is 1. The van der Waals surface area contributed by atoms with E-state index in [9.17, 15) is 9.59 Å². The monoisotopic (exact) mass is 304 g/mol. The molecule has 0 saturated carbocycles. The summed E-state index contributed by atoms with van der Waals surface area (Å²) < 4.78 is 9.99. The Balaban J connectivity index is 2.09. The molecule has 2 aromatic rings. The Kier molecular flexibility index (Phi) is 5.35. The van der Waals surface area contributed by atoms with Crippen molar-refractivity contribution < 1.29 is 19.1 Å². The molecule has 0 spiro atoms. The van der Waals surface area contributed by atoms with Crippen molar-refractivity contribution in [2.24, 2.45) is 0 Å². The van der Waals surface area contributed by atoms with Gasteiger partial charge in [-0.2, -0.15) is 0 Å². The molecule has 0 aliphatic rings.